The average molecular weight is 774 g/mol. The van der Waals surface area contributed by atoms with Crippen molar-refractivity contribution in [1.29, 1.82) is 0 Å². The van der Waals surface area contributed by atoms with E-state index in [-0.39, 0.29) is 0 Å². The van der Waals surface area contributed by atoms with E-state index >= 15 is 0 Å². The molecule has 1 heteroatoms. The average Bonchev–Trinajstić information content (AvgIpc) is 3.34. The van der Waals surface area contributed by atoms with Crippen LogP contribution in [0.3, 0.4) is 0 Å². The minimum atomic E-state index is 1.11. The molecule has 0 aliphatic heterocycles. The molecule has 0 radical (unpaired) electrons. The Hall–Kier alpha value is -8.00. The molecule has 284 valence electrons. The third kappa shape index (κ3) is 6.10. The van der Waals surface area contributed by atoms with Crippen molar-refractivity contribution in [2.75, 3.05) is 4.90 Å². The molecule has 0 aliphatic rings. The highest BCUT2D eigenvalue weighted by molar-refractivity contribution is 6.20. The summed E-state index contributed by atoms with van der Waals surface area (Å²) in [7, 11) is 0. The Bertz CT molecular complexity index is 3640. The zero-order valence-corrected chi connectivity index (χ0v) is 33.5. The summed E-state index contributed by atoms with van der Waals surface area (Å²) in [5.41, 5.74) is 10.6. The molecule has 0 heterocycles. The summed E-state index contributed by atoms with van der Waals surface area (Å²) >= 11 is 0. The van der Waals surface area contributed by atoms with E-state index < -0.39 is 0 Å². The third-order valence-electron chi connectivity index (χ3n) is 12.6. The van der Waals surface area contributed by atoms with E-state index in [2.05, 4.69) is 241 Å². The zero-order chi connectivity index (χ0) is 40.3. The van der Waals surface area contributed by atoms with E-state index in [1.807, 2.05) is 0 Å². The van der Waals surface area contributed by atoms with Crippen molar-refractivity contribution >= 4 is 81.7 Å². The van der Waals surface area contributed by atoms with Crippen LogP contribution < -0.4 is 4.90 Å². The smallest absolute Gasteiger partial charge is 0.0546 e. The molecule has 0 aromatic heterocycles. The van der Waals surface area contributed by atoms with Crippen LogP contribution in [0, 0.1) is 0 Å². The zero-order valence-electron chi connectivity index (χ0n) is 33.5. The lowest BCUT2D eigenvalue weighted by atomic mass is 9.93. The highest BCUT2D eigenvalue weighted by Gasteiger charge is 2.19. The van der Waals surface area contributed by atoms with Gasteiger partial charge >= 0.3 is 0 Å². The normalized spacial score (nSPS) is 11.6. The van der Waals surface area contributed by atoms with E-state index in [0.717, 1.165) is 17.1 Å². The van der Waals surface area contributed by atoms with Gasteiger partial charge in [-0.25, -0.2) is 0 Å². The van der Waals surface area contributed by atoms with Crippen LogP contribution >= 0.6 is 0 Å². The highest BCUT2D eigenvalue weighted by atomic mass is 15.1. The molecule has 12 aromatic carbocycles. The molecule has 1 nitrogen and oxygen atoms in total. The second-order valence-electron chi connectivity index (χ2n) is 16.1. The summed E-state index contributed by atoms with van der Waals surface area (Å²) < 4.78 is 0. The van der Waals surface area contributed by atoms with Gasteiger partial charge in [-0.3, -0.25) is 0 Å². The fraction of sp³-hybridized carbons (Fsp3) is 0. The van der Waals surface area contributed by atoms with Gasteiger partial charge in [0, 0.05) is 16.8 Å². The molecule has 0 saturated heterocycles. The Labute approximate surface area is 355 Å². The van der Waals surface area contributed by atoms with Gasteiger partial charge in [-0.2, -0.15) is 0 Å². The molecular formula is C60H39N. The summed E-state index contributed by atoms with van der Waals surface area (Å²) in [5, 5.41) is 15.1. The second kappa shape index (κ2) is 14.4. The molecule has 0 bridgehead atoms. The topological polar surface area (TPSA) is 3.24 Å². The fourth-order valence-corrected chi connectivity index (χ4v) is 9.52. The maximum Gasteiger partial charge on any atom is 0.0546 e. The van der Waals surface area contributed by atoms with Crippen molar-refractivity contribution in [3.63, 3.8) is 0 Å². The minimum Gasteiger partial charge on any atom is -0.310 e. The Morgan fingerprint density at radius 1 is 0.213 bits per heavy atom. The van der Waals surface area contributed by atoms with E-state index in [1.165, 1.54) is 98.0 Å². The van der Waals surface area contributed by atoms with Gasteiger partial charge in [-0.15, -0.1) is 0 Å². The number of rotatable bonds is 6. The van der Waals surface area contributed by atoms with E-state index in [1.54, 1.807) is 0 Å². The maximum absolute atomic E-state index is 2.45. The molecule has 0 atom stereocenters. The quantitative estimate of drug-likeness (QED) is 0.152. The molecular weight excluding hydrogens is 735 g/mol. The summed E-state index contributed by atoms with van der Waals surface area (Å²) in [6, 6.07) is 86.9. The number of hydrogen-bond donors (Lipinski definition) is 0. The molecule has 0 aliphatic carbocycles. The van der Waals surface area contributed by atoms with Crippen LogP contribution in [0.1, 0.15) is 0 Å². The first-order chi connectivity index (χ1) is 30.2. The molecule has 0 amide bonds. The lowest BCUT2D eigenvalue weighted by Crippen LogP contribution is -2.11. The van der Waals surface area contributed by atoms with Crippen molar-refractivity contribution in [1.82, 2.24) is 0 Å². The molecule has 12 rings (SSSR count). The number of nitrogens with zero attached hydrogens (tertiary/aromatic N) is 1. The van der Waals surface area contributed by atoms with Gasteiger partial charge in [0.15, 0.2) is 0 Å². The van der Waals surface area contributed by atoms with Crippen molar-refractivity contribution < 1.29 is 0 Å². The monoisotopic (exact) mass is 773 g/mol. The van der Waals surface area contributed by atoms with Gasteiger partial charge in [0.2, 0.25) is 0 Å². The molecule has 0 spiro atoms. The van der Waals surface area contributed by atoms with Crippen molar-refractivity contribution in [3.05, 3.63) is 237 Å². The number of hydrogen-bond acceptors (Lipinski definition) is 1. The Morgan fingerprint density at radius 2 is 0.689 bits per heavy atom. The SMILES string of the molecule is c1ccc(-c2ccc(-c3cccc(N(c4ccc5cc(-c6ccc7c(ccc8ccc9ccccc9c87)c6)ccc5c4)c4cc5ccccc5c5ccccc45)c3)cc2)cc1. The first-order valence-electron chi connectivity index (χ1n) is 21.1. The Kier molecular flexibility index (Phi) is 8.25. The first-order valence-corrected chi connectivity index (χ1v) is 21.1. The molecule has 0 saturated carbocycles. The number of benzene rings is 12. The van der Waals surface area contributed by atoms with Crippen LogP contribution in [0.5, 0.6) is 0 Å². The van der Waals surface area contributed by atoms with Crippen LogP contribution in [0.15, 0.2) is 237 Å². The number of anilines is 3. The largest absolute Gasteiger partial charge is 0.310 e. The molecule has 61 heavy (non-hydrogen) atoms. The maximum atomic E-state index is 2.45. The molecule has 0 fully saturated rings. The predicted molar refractivity (Wildman–Crippen MR) is 262 cm³/mol. The van der Waals surface area contributed by atoms with Crippen LogP contribution in [-0.4, -0.2) is 0 Å². The van der Waals surface area contributed by atoms with Crippen molar-refractivity contribution in [3.8, 4) is 33.4 Å². The van der Waals surface area contributed by atoms with E-state index in [9.17, 15) is 0 Å². The molecule has 0 unspecified atom stereocenters. The van der Waals surface area contributed by atoms with Gasteiger partial charge in [0.1, 0.15) is 0 Å². The van der Waals surface area contributed by atoms with Crippen LogP contribution in [0.4, 0.5) is 17.1 Å². The predicted octanol–water partition coefficient (Wildman–Crippen LogP) is 17.1. The van der Waals surface area contributed by atoms with E-state index in [4.69, 9.17) is 0 Å². The van der Waals surface area contributed by atoms with Crippen LogP contribution in [-0.2, 0) is 0 Å². The summed E-state index contributed by atoms with van der Waals surface area (Å²) in [5.74, 6) is 0. The summed E-state index contributed by atoms with van der Waals surface area (Å²) in [4.78, 5) is 2.45. The number of fused-ring (bicyclic) bond motifs is 9. The lowest BCUT2D eigenvalue weighted by Gasteiger charge is -2.28. The summed E-state index contributed by atoms with van der Waals surface area (Å²) in [6.07, 6.45) is 0. The Balaban J connectivity index is 0.974. The minimum absolute atomic E-state index is 1.11. The fourth-order valence-electron chi connectivity index (χ4n) is 9.52. The van der Waals surface area contributed by atoms with E-state index in [0.29, 0.717) is 0 Å². The highest BCUT2D eigenvalue weighted by Crippen LogP contribution is 2.44. The first kappa shape index (κ1) is 35.0. The van der Waals surface area contributed by atoms with Gasteiger partial charge in [-0.05, 0) is 135 Å². The van der Waals surface area contributed by atoms with Gasteiger partial charge in [0.05, 0.1) is 5.69 Å². The van der Waals surface area contributed by atoms with Gasteiger partial charge in [-0.1, -0.05) is 194 Å². The lowest BCUT2D eigenvalue weighted by molar-refractivity contribution is 1.31. The third-order valence-corrected chi connectivity index (χ3v) is 12.6. The van der Waals surface area contributed by atoms with Crippen LogP contribution in [0.25, 0.3) is 98.0 Å². The summed E-state index contributed by atoms with van der Waals surface area (Å²) in [6.45, 7) is 0. The van der Waals surface area contributed by atoms with Gasteiger partial charge < -0.3 is 4.90 Å². The van der Waals surface area contributed by atoms with Gasteiger partial charge in [0.25, 0.3) is 0 Å². The standard InChI is InChI=1S/C60H39N/c1-2-11-40(12-3-1)41-21-23-42(24-22-41)45-15-10-16-52(37-45)61(59-39-50-14-5-6-17-54(50)57-19-8-9-20-58(57)59)53-33-31-47-35-46(28-29-49(47)38-53)48-32-34-56-51(36-48)30-27-44-26-25-43-13-4-7-18-55(43)60(44)56/h1-39H. The second-order valence-corrected chi connectivity index (χ2v) is 16.1. The molecule has 12 aromatic rings. The van der Waals surface area contributed by atoms with Crippen LogP contribution in [0.2, 0.25) is 0 Å². The Morgan fingerprint density at radius 3 is 1.51 bits per heavy atom. The van der Waals surface area contributed by atoms with Crippen molar-refractivity contribution in [2.24, 2.45) is 0 Å². The molecule has 0 N–H and O–H groups in total. The van der Waals surface area contributed by atoms with Crippen molar-refractivity contribution in [2.45, 2.75) is 0 Å².